The van der Waals surface area contributed by atoms with Crippen molar-refractivity contribution in [1.82, 2.24) is 0 Å². The van der Waals surface area contributed by atoms with Crippen LogP contribution >= 0.6 is 0 Å². The molecule has 2 nitrogen and oxygen atoms in total. The molecule has 108 valence electrons. The summed E-state index contributed by atoms with van der Waals surface area (Å²) in [5, 5.41) is 0. The average molecular weight is 272 g/mol. The third-order valence-corrected chi connectivity index (χ3v) is 7.66. The number of esters is 1. The molecule has 5 rings (SSSR count). The Bertz CT molecular complexity index is 460. The molecule has 0 N–H and O–H groups in total. The van der Waals surface area contributed by atoms with Gasteiger partial charge >= 0.3 is 5.97 Å². The summed E-state index contributed by atoms with van der Waals surface area (Å²) < 4.78 is 4.95. The number of fused-ring (bicyclic) bond motifs is 11. The lowest BCUT2D eigenvalue weighted by Crippen LogP contribution is -2.27. The number of hydrogen-bond donors (Lipinski definition) is 0. The third-order valence-electron chi connectivity index (χ3n) is 7.66. The van der Waals surface area contributed by atoms with Gasteiger partial charge in [-0.1, -0.05) is 5.57 Å². The first-order valence-electron chi connectivity index (χ1n) is 8.57. The molecule has 5 aliphatic carbocycles. The summed E-state index contributed by atoms with van der Waals surface area (Å²) in [6.07, 6.45) is 10.6. The van der Waals surface area contributed by atoms with Crippen molar-refractivity contribution in [3.63, 3.8) is 0 Å². The molecule has 5 aliphatic rings. The van der Waals surface area contributed by atoms with Crippen molar-refractivity contribution in [3.8, 4) is 0 Å². The van der Waals surface area contributed by atoms with Gasteiger partial charge in [-0.25, -0.2) is 4.79 Å². The molecular formula is C18H24O2. The van der Waals surface area contributed by atoms with Crippen LogP contribution in [0.3, 0.4) is 0 Å². The summed E-state index contributed by atoms with van der Waals surface area (Å²) >= 11 is 0. The van der Waals surface area contributed by atoms with E-state index < -0.39 is 0 Å². The monoisotopic (exact) mass is 272 g/mol. The zero-order valence-corrected chi connectivity index (χ0v) is 12.3. The van der Waals surface area contributed by atoms with Gasteiger partial charge < -0.3 is 4.74 Å². The van der Waals surface area contributed by atoms with Gasteiger partial charge in [-0.15, -0.1) is 0 Å². The molecule has 0 aromatic carbocycles. The summed E-state index contributed by atoms with van der Waals surface area (Å²) in [7, 11) is 1.52. The fraction of sp³-hybridized carbons (Fsp3) is 0.833. The quantitative estimate of drug-likeness (QED) is 0.540. The highest BCUT2D eigenvalue weighted by molar-refractivity contribution is 5.83. The average Bonchev–Trinajstić information content (AvgIpc) is 3.22. The zero-order chi connectivity index (χ0) is 13.4. The maximum Gasteiger partial charge on any atom is 0.330 e. The van der Waals surface area contributed by atoms with E-state index in [-0.39, 0.29) is 5.97 Å². The molecule has 2 heteroatoms. The fourth-order valence-corrected chi connectivity index (χ4v) is 7.38. The number of rotatable bonds is 1. The van der Waals surface area contributed by atoms with Crippen molar-refractivity contribution < 1.29 is 9.53 Å². The minimum atomic E-state index is -0.107. The van der Waals surface area contributed by atoms with E-state index in [4.69, 9.17) is 4.74 Å². The molecule has 0 aromatic rings. The molecule has 4 bridgehead atoms. The van der Waals surface area contributed by atoms with Crippen molar-refractivity contribution in [2.45, 2.75) is 38.5 Å². The van der Waals surface area contributed by atoms with Crippen LogP contribution in [-0.2, 0) is 9.53 Å². The van der Waals surface area contributed by atoms with E-state index >= 15 is 0 Å². The van der Waals surface area contributed by atoms with E-state index in [0.29, 0.717) is 0 Å². The van der Waals surface area contributed by atoms with E-state index in [1.54, 1.807) is 0 Å². The second-order valence-electron chi connectivity index (χ2n) is 8.04. The number of allylic oxidation sites excluding steroid dienone is 1. The highest BCUT2D eigenvalue weighted by atomic mass is 16.5. The normalized spacial score (nSPS) is 54.1. The maximum absolute atomic E-state index is 11.9. The Morgan fingerprint density at radius 3 is 1.95 bits per heavy atom. The first-order valence-corrected chi connectivity index (χ1v) is 8.57. The molecule has 0 aromatic heterocycles. The van der Waals surface area contributed by atoms with E-state index in [0.717, 1.165) is 47.3 Å². The highest BCUT2D eigenvalue weighted by Gasteiger charge is 2.65. The van der Waals surface area contributed by atoms with Crippen LogP contribution in [0.5, 0.6) is 0 Å². The number of carbonyl (C=O) groups is 1. The molecular weight excluding hydrogens is 248 g/mol. The Hall–Kier alpha value is -0.790. The predicted molar refractivity (Wildman–Crippen MR) is 75.7 cm³/mol. The van der Waals surface area contributed by atoms with Crippen LogP contribution in [0, 0.1) is 47.3 Å². The molecule has 0 amide bonds. The molecule has 0 heterocycles. The summed E-state index contributed by atoms with van der Waals surface area (Å²) in [6.45, 7) is 0. The van der Waals surface area contributed by atoms with Gasteiger partial charge in [0, 0.05) is 6.08 Å². The van der Waals surface area contributed by atoms with Crippen LogP contribution in [0.4, 0.5) is 0 Å². The largest absolute Gasteiger partial charge is 0.466 e. The zero-order valence-electron chi connectivity index (χ0n) is 12.3. The molecule has 0 spiro atoms. The van der Waals surface area contributed by atoms with Gasteiger partial charge in [0.15, 0.2) is 0 Å². The Morgan fingerprint density at radius 1 is 0.950 bits per heavy atom. The fourth-order valence-electron chi connectivity index (χ4n) is 7.38. The summed E-state index contributed by atoms with van der Waals surface area (Å²) in [5.74, 6) is 7.04. The first kappa shape index (κ1) is 11.8. The lowest BCUT2D eigenvalue weighted by Gasteiger charge is -2.32. The number of ether oxygens (including phenoxy) is 1. The van der Waals surface area contributed by atoms with Crippen molar-refractivity contribution in [1.29, 1.82) is 0 Å². The lowest BCUT2D eigenvalue weighted by atomic mass is 9.72. The van der Waals surface area contributed by atoms with Gasteiger partial charge in [0.25, 0.3) is 0 Å². The Balaban J connectivity index is 1.60. The molecule has 0 radical (unpaired) electrons. The molecule has 20 heavy (non-hydrogen) atoms. The van der Waals surface area contributed by atoms with Gasteiger partial charge in [0.2, 0.25) is 0 Å². The van der Waals surface area contributed by atoms with Crippen LogP contribution in [-0.4, -0.2) is 13.1 Å². The van der Waals surface area contributed by atoms with Crippen molar-refractivity contribution in [3.05, 3.63) is 11.6 Å². The third kappa shape index (κ3) is 1.29. The van der Waals surface area contributed by atoms with Crippen LogP contribution in [0.2, 0.25) is 0 Å². The van der Waals surface area contributed by atoms with Crippen LogP contribution in [0.25, 0.3) is 0 Å². The molecule has 0 aliphatic heterocycles. The van der Waals surface area contributed by atoms with Gasteiger partial charge in [0.05, 0.1) is 7.11 Å². The van der Waals surface area contributed by atoms with Gasteiger partial charge in [-0.2, -0.15) is 0 Å². The standard InChI is InChI=1S/C18H24O2/c1-20-14(19)8-13-15-9-2-4-11(6-9)17(15)18-12-5-3-10(7-12)16(13)18/h8-12,15-18H,2-7H2,1H3/t9-,10-,11+,12+,15?,16?,17?,18?/m0/s1. The van der Waals surface area contributed by atoms with E-state index in [1.807, 2.05) is 6.08 Å². The number of methoxy groups -OCH3 is 1. The summed E-state index contributed by atoms with van der Waals surface area (Å²) in [6, 6.07) is 0. The van der Waals surface area contributed by atoms with Crippen LogP contribution in [0.15, 0.2) is 11.6 Å². The first-order chi connectivity index (χ1) is 9.78. The van der Waals surface area contributed by atoms with E-state index in [1.165, 1.54) is 51.2 Å². The molecule has 0 saturated heterocycles. The smallest absolute Gasteiger partial charge is 0.330 e. The molecule has 5 fully saturated rings. The van der Waals surface area contributed by atoms with Crippen LogP contribution < -0.4 is 0 Å². The Kier molecular flexibility index (Phi) is 2.30. The van der Waals surface area contributed by atoms with Crippen molar-refractivity contribution in [2.75, 3.05) is 7.11 Å². The minimum Gasteiger partial charge on any atom is -0.466 e. The predicted octanol–water partition coefficient (Wildman–Crippen LogP) is 3.42. The summed E-state index contributed by atoms with van der Waals surface area (Å²) in [4.78, 5) is 11.9. The maximum atomic E-state index is 11.9. The van der Waals surface area contributed by atoms with Gasteiger partial charge in [-0.05, 0) is 85.9 Å². The number of carbonyl (C=O) groups excluding carboxylic acids is 1. The SMILES string of the molecule is COC(=O)C=C1C2C(C3C1[C@H]1CC[C@@H]3C1)[C@@H]1CC[C@H]2C1. The molecule has 4 unspecified atom stereocenters. The van der Waals surface area contributed by atoms with E-state index in [2.05, 4.69) is 0 Å². The minimum absolute atomic E-state index is 0.107. The van der Waals surface area contributed by atoms with E-state index in [9.17, 15) is 4.79 Å². The number of hydrogen-bond acceptors (Lipinski definition) is 2. The topological polar surface area (TPSA) is 26.3 Å². The second kappa shape index (κ2) is 3.90. The highest BCUT2D eigenvalue weighted by Crippen LogP contribution is 2.72. The van der Waals surface area contributed by atoms with Crippen molar-refractivity contribution >= 4 is 5.97 Å². The van der Waals surface area contributed by atoms with Gasteiger partial charge in [0.1, 0.15) is 0 Å². The van der Waals surface area contributed by atoms with Gasteiger partial charge in [-0.3, -0.25) is 0 Å². The van der Waals surface area contributed by atoms with Crippen LogP contribution in [0.1, 0.15) is 38.5 Å². The Labute approximate surface area is 120 Å². The second-order valence-corrected chi connectivity index (χ2v) is 8.04. The lowest BCUT2D eigenvalue weighted by molar-refractivity contribution is -0.134. The Morgan fingerprint density at radius 2 is 1.45 bits per heavy atom. The molecule has 5 saturated carbocycles. The van der Waals surface area contributed by atoms with Crippen molar-refractivity contribution in [2.24, 2.45) is 47.3 Å². The molecule has 8 atom stereocenters. The summed E-state index contributed by atoms with van der Waals surface area (Å²) in [5.41, 5.74) is 1.53.